The molecule has 0 spiro atoms. The molecule has 0 bridgehead atoms. The highest BCUT2D eigenvalue weighted by Gasteiger charge is 2.63. The van der Waals surface area contributed by atoms with E-state index in [2.05, 4.69) is 11.8 Å². The average molecular weight is 395 g/mol. The number of hydrogen-bond acceptors (Lipinski definition) is 5. The molecule has 0 aromatic heterocycles. The third-order valence-corrected chi connectivity index (χ3v) is 7.35. The number of ether oxygens (including phenoxy) is 1. The first kappa shape index (κ1) is 21.5. The van der Waals surface area contributed by atoms with E-state index >= 15 is 0 Å². The number of hydrogen-bond donors (Lipinski definition) is 1. The smallest absolute Gasteiger partial charge is 0.243 e. The highest BCUT2D eigenvalue weighted by atomic mass is 16.5. The molecule has 3 rings (SSSR count). The standard InChI is InChI=1S/C21H38N4O3/c1-5-28-17-14-21(22,20(17,3)4)19(27)24-12-10-23(11-13-24)15-18(26)25-9-7-6-8-16(25)2/h16-17H,5-15,22H2,1-4H3. The number of nitrogens with zero attached hydrogens (tertiary/aromatic N) is 3. The van der Waals surface area contributed by atoms with Gasteiger partial charge in [-0.1, -0.05) is 13.8 Å². The molecule has 1 aliphatic carbocycles. The highest BCUT2D eigenvalue weighted by Crippen LogP contribution is 2.50. The maximum Gasteiger partial charge on any atom is 0.243 e. The van der Waals surface area contributed by atoms with Crippen LogP contribution in [0.2, 0.25) is 0 Å². The number of nitrogens with two attached hydrogens (primary N) is 1. The summed E-state index contributed by atoms with van der Waals surface area (Å²) in [5.74, 6) is 0.256. The lowest BCUT2D eigenvalue weighted by atomic mass is 9.54. The first-order valence-electron chi connectivity index (χ1n) is 10.9. The molecule has 2 amide bonds. The largest absolute Gasteiger partial charge is 0.378 e. The Hall–Kier alpha value is -1.18. The molecule has 0 radical (unpaired) electrons. The van der Waals surface area contributed by atoms with E-state index in [-0.39, 0.29) is 23.3 Å². The van der Waals surface area contributed by atoms with Crippen molar-refractivity contribution in [1.82, 2.24) is 14.7 Å². The summed E-state index contributed by atoms with van der Waals surface area (Å²) in [5.41, 5.74) is 5.34. The lowest BCUT2D eigenvalue weighted by Gasteiger charge is -2.59. The number of piperidine rings is 1. The first-order valence-corrected chi connectivity index (χ1v) is 10.9. The van der Waals surface area contributed by atoms with Gasteiger partial charge in [-0.2, -0.15) is 0 Å². The second kappa shape index (κ2) is 8.28. The molecule has 0 aromatic carbocycles. The Morgan fingerprint density at radius 3 is 2.36 bits per heavy atom. The molecule has 7 nitrogen and oxygen atoms in total. The van der Waals surface area contributed by atoms with Crippen molar-refractivity contribution < 1.29 is 14.3 Å². The Morgan fingerprint density at radius 2 is 1.79 bits per heavy atom. The minimum absolute atomic E-state index is 0.0316. The first-order chi connectivity index (χ1) is 13.2. The number of amides is 2. The van der Waals surface area contributed by atoms with Crippen LogP contribution in [0.3, 0.4) is 0 Å². The molecule has 2 saturated heterocycles. The molecule has 3 atom stereocenters. The molecule has 3 unspecified atom stereocenters. The third-order valence-electron chi connectivity index (χ3n) is 7.35. The summed E-state index contributed by atoms with van der Waals surface area (Å²) in [4.78, 5) is 31.9. The molecule has 2 heterocycles. The normalized spacial score (nSPS) is 33.5. The van der Waals surface area contributed by atoms with Crippen LogP contribution in [-0.2, 0) is 14.3 Å². The van der Waals surface area contributed by atoms with Gasteiger partial charge in [-0.05, 0) is 33.1 Å². The average Bonchev–Trinajstić information content (AvgIpc) is 2.68. The van der Waals surface area contributed by atoms with E-state index in [4.69, 9.17) is 10.5 Å². The van der Waals surface area contributed by atoms with Crippen molar-refractivity contribution in [3.05, 3.63) is 0 Å². The van der Waals surface area contributed by atoms with Crippen LogP contribution in [-0.4, -0.2) is 90.1 Å². The molecule has 7 heteroatoms. The van der Waals surface area contributed by atoms with Crippen molar-refractivity contribution >= 4 is 11.8 Å². The van der Waals surface area contributed by atoms with Gasteiger partial charge < -0.3 is 20.3 Å². The van der Waals surface area contributed by atoms with E-state index in [1.165, 1.54) is 6.42 Å². The molecule has 2 aliphatic heterocycles. The number of carbonyl (C=O) groups is 2. The van der Waals surface area contributed by atoms with Crippen LogP contribution >= 0.6 is 0 Å². The van der Waals surface area contributed by atoms with Crippen LogP contribution in [0.25, 0.3) is 0 Å². The molecule has 160 valence electrons. The fourth-order valence-electron chi connectivity index (χ4n) is 4.94. The maximum atomic E-state index is 13.1. The fraction of sp³-hybridized carbons (Fsp3) is 0.905. The summed E-state index contributed by atoms with van der Waals surface area (Å²) in [6.07, 6.45) is 4.04. The Morgan fingerprint density at radius 1 is 1.11 bits per heavy atom. The minimum atomic E-state index is -0.853. The van der Waals surface area contributed by atoms with Gasteiger partial charge in [-0.25, -0.2) is 0 Å². The Balaban J connectivity index is 1.50. The van der Waals surface area contributed by atoms with Crippen LogP contribution in [0, 0.1) is 5.41 Å². The van der Waals surface area contributed by atoms with Crippen molar-refractivity contribution in [3.63, 3.8) is 0 Å². The van der Waals surface area contributed by atoms with Crippen LogP contribution in [0.1, 0.15) is 53.4 Å². The van der Waals surface area contributed by atoms with Crippen molar-refractivity contribution in [1.29, 1.82) is 0 Å². The third kappa shape index (κ3) is 3.81. The van der Waals surface area contributed by atoms with E-state index in [9.17, 15) is 9.59 Å². The highest BCUT2D eigenvalue weighted by molar-refractivity contribution is 5.89. The quantitative estimate of drug-likeness (QED) is 0.754. The summed E-state index contributed by atoms with van der Waals surface area (Å²) in [5, 5.41) is 0. The number of rotatable bonds is 5. The molecular formula is C21H38N4O3. The number of carbonyl (C=O) groups excluding carboxylic acids is 2. The maximum absolute atomic E-state index is 13.1. The van der Waals surface area contributed by atoms with Gasteiger partial charge in [-0.3, -0.25) is 14.5 Å². The zero-order valence-electron chi connectivity index (χ0n) is 18.1. The summed E-state index contributed by atoms with van der Waals surface area (Å²) in [6, 6.07) is 0.348. The zero-order valence-corrected chi connectivity index (χ0v) is 18.1. The van der Waals surface area contributed by atoms with Crippen LogP contribution in [0.15, 0.2) is 0 Å². The Labute approximate surface area is 169 Å². The van der Waals surface area contributed by atoms with Gasteiger partial charge in [0.15, 0.2) is 0 Å². The van der Waals surface area contributed by atoms with E-state index in [0.29, 0.717) is 38.7 Å². The van der Waals surface area contributed by atoms with Gasteiger partial charge in [0.05, 0.1) is 12.6 Å². The summed E-state index contributed by atoms with van der Waals surface area (Å²) < 4.78 is 5.75. The fourth-order valence-corrected chi connectivity index (χ4v) is 4.94. The molecule has 28 heavy (non-hydrogen) atoms. The lowest BCUT2D eigenvalue weighted by Crippen LogP contribution is -2.76. The number of likely N-dealkylation sites (tertiary alicyclic amines) is 1. The summed E-state index contributed by atoms with van der Waals surface area (Å²) in [6.45, 7) is 12.9. The van der Waals surface area contributed by atoms with E-state index in [1.54, 1.807) is 0 Å². The van der Waals surface area contributed by atoms with Gasteiger partial charge in [0.25, 0.3) is 0 Å². The van der Waals surface area contributed by atoms with Crippen LogP contribution < -0.4 is 5.73 Å². The predicted octanol–water partition coefficient (Wildman–Crippen LogP) is 1.06. The molecule has 3 fully saturated rings. The van der Waals surface area contributed by atoms with Gasteiger partial charge in [0, 0.05) is 57.2 Å². The van der Waals surface area contributed by atoms with Gasteiger partial charge in [-0.15, -0.1) is 0 Å². The van der Waals surface area contributed by atoms with Crippen molar-refractivity contribution in [3.8, 4) is 0 Å². The molecule has 1 saturated carbocycles. The van der Waals surface area contributed by atoms with Crippen molar-refractivity contribution in [2.45, 2.75) is 71.1 Å². The SMILES string of the molecule is CCOC1CC(N)(C(=O)N2CCN(CC(=O)N3CCCCC3C)CC2)C1(C)C. The topological polar surface area (TPSA) is 79.1 Å². The van der Waals surface area contributed by atoms with Gasteiger partial charge >= 0.3 is 0 Å². The minimum Gasteiger partial charge on any atom is -0.378 e. The van der Waals surface area contributed by atoms with E-state index in [0.717, 1.165) is 32.5 Å². The summed E-state index contributed by atoms with van der Waals surface area (Å²) in [7, 11) is 0. The predicted molar refractivity (Wildman–Crippen MR) is 109 cm³/mol. The molecule has 2 N–H and O–H groups in total. The van der Waals surface area contributed by atoms with Crippen molar-refractivity contribution in [2.24, 2.45) is 11.1 Å². The van der Waals surface area contributed by atoms with E-state index in [1.807, 2.05) is 30.6 Å². The molecular weight excluding hydrogens is 356 g/mol. The monoisotopic (exact) mass is 394 g/mol. The van der Waals surface area contributed by atoms with Gasteiger partial charge in [0.1, 0.15) is 5.54 Å². The zero-order chi connectivity index (χ0) is 20.5. The van der Waals surface area contributed by atoms with Gasteiger partial charge in [0.2, 0.25) is 11.8 Å². The molecule has 0 aromatic rings. The summed E-state index contributed by atoms with van der Waals surface area (Å²) >= 11 is 0. The van der Waals surface area contributed by atoms with Crippen LogP contribution in [0.4, 0.5) is 0 Å². The molecule has 3 aliphatic rings. The number of piperazine rings is 1. The Bertz CT molecular complexity index is 588. The lowest BCUT2D eigenvalue weighted by molar-refractivity contribution is -0.180. The van der Waals surface area contributed by atoms with Crippen LogP contribution in [0.5, 0.6) is 0 Å². The second-order valence-electron chi connectivity index (χ2n) is 9.34. The second-order valence-corrected chi connectivity index (χ2v) is 9.34. The van der Waals surface area contributed by atoms with E-state index < -0.39 is 5.54 Å². The van der Waals surface area contributed by atoms with Crippen molar-refractivity contribution in [2.75, 3.05) is 45.9 Å². The Kier molecular flexibility index (Phi) is 6.37.